The van der Waals surface area contributed by atoms with Crippen LogP contribution in [0.3, 0.4) is 0 Å². The van der Waals surface area contributed by atoms with Gasteiger partial charge in [0.15, 0.2) is 9.84 Å². The molecule has 0 radical (unpaired) electrons. The number of rotatable bonds is 4. The Hall–Kier alpha value is -1.70. The predicted molar refractivity (Wildman–Crippen MR) is 65.1 cm³/mol. The van der Waals surface area contributed by atoms with Gasteiger partial charge in [-0.1, -0.05) is 12.1 Å². The molecule has 18 heavy (non-hydrogen) atoms. The minimum Gasteiger partial charge on any atom is -0.335 e. The van der Waals surface area contributed by atoms with E-state index in [1.54, 1.807) is 13.8 Å². The number of sulfone groups is 1. The van der Waals surface area contributed by atoms with E-state index in [9.17, 15) is 13.2 Å². The molecule has 0 fully saturated rings. The van der Waals surface area contributed by atoms with Crippen LogP contribution in [-0.2, 0) is 16.4 Å². The van der Waals surface area contributed by atoms with Crippen LogP contribution in [0.15, 0.2) is 15.6 Å². The van der Waals surface area contributed by atoms with Gasteiger partial charge >= 0.3 is 0 Å². The molecule has 0 aliphatic carbocycles. The van der Waals surface area contributed by atoms with E-state index in [0.717, 1.165) is 0 Å². The van der Waals surface area contributed by atoms with Crippen LogP contribution in [0.4, 0.5) is 0 Å². The van der Waals surface area contributed by atoms with Gasteiger partial charge in [-0.3, -0.25) is 9.36 Å². The van der Waals surface area contributed by atoms with Gasteiger partial charge in [-0.25, -0.2) is 13.4 Å². The van der Waals surface area contributed by atoms with Crippen molar-refractivity contribution in [2.24, 2.45) is 0 Å². The molecule has 2 aromatic heterocycles. The summed E-state index contributed by atoms with van der Waals surface area (Å²) < 4.78 is 28.9. The average Bonchev–Trinajstić information content (AvgIpc) is 2.71. The van der Waals surface area contributed by atoms with Crippen LogP contribution in [0.25, 0.3) is 11.1 Å². The third-order valence-electron chi connectivity index (χ3n) is 2.72. The van der Waals surface area contributed by atoms with Crippen LogP contribution >= 0.6 is 0 Å². The molecular formula is C10H13N3O4S. The molecule has 2 heterocycles. The summed E-state index contributed by atoms with van der Waals surface area (Å²) in [5.41, 5.74) is 0.298. The fourth-order valence-electron chi connectivity index (χ4n) is 1.55. The Morgan fingerprint density at radius 2 is 2.17 bits per heavy atom. The van der Waals surface area contributed by atoms with Gasteiger partial charge in [0.2, 0.25) is 0 Å². The zero-order valence-corrected chi connectivity index (χ0v) is 10.9. The predicted octanol–water partition coefficient (Wildman–Crippen LogP) is 0.128. The van der Waals surface area contributed by atoms with Crippen LogP contribution in [0, 0.1) is 6.92 Å². The average molecular weight is 271 g/mol. The smallest absolute Gasteiger partial charge is 0.266 e. The van der Waals surface area contributed by atoms with E-state index in [0.29, 0.717) is 11.1 Å². The summed E-state index contributed by atoms with van der Waals surface area (Å²) in [6.45, 7) is 3.30. The molecular weight excluding hydrogens is 258 g/mol. The highest BCUT2D eigenvalue weighted by Crippen LogP contribution is 2.09. The second-order valence-corrected chi connectivity index (χ2v) is 6.40. The molecule has 0 aliphatic heterocycles. The summed E-state index contributed by atoms with van der Waals surface area (Å²) >= 11 is 0. The van der Waals surface area contributed by atoms with Gasteiger partial charge in [0.05, 0.1) is 11.4 Å². The van der Waals surface area contributed by atoms with Gasteiger partial charge in [0, 0.05) is 12.3 Å². The molecule has 0 N–H and O–H groups in total. The van der Waals surface area contributed by atoms with Crippen molar-refractivity contribution in [1.29, 1.82) is 0 Å². The zero-order chi connectivity index (χ0) is 13.3. The van der Waals surface area contributed by atoms with Crippen molar-refractivity contribution in [3.05, 3.63) is 22.4 Å². The Kier molecular flexibility index (Phi) is 3.20. The molecule has 0 saturated carbocycles. The molecule has 0 saturated heterocycles. The molecule has 0 aromatic carbocycles. The van der Waals surface area contributed by atoms with Crippen LogP contribution in [0.1, 0.15) is 12.6 Å². The fourth-order valence-corrected chi connectivity index (χ4v) is 2.31. The van der Waals surface area contributed by atoms with Gasteiger partial charge in [0.25, 0.3) is 11.3 Å². The Balaban J connectivity index is 2.38. The minimum atomic E-state index is -3.11. The highest BCUT2D eigenvalue weighted by Gasteiger charge is 2.14. The summed E-state index contributed by atoms with van der Waals surface area (Å²) in [5.74, 6) is -0.0232. The van der Waals surface area contributed by atoms with Crippen LogP contribution < -0.4 is 5.56 Å². The van der Waals surface area contributed by atoms with Crippen LogP contribution in [-0.4, -0.2) is 34.6 Å². The van der Waals surface area contributed by atoms with Crippen molar-refractivity contribution in [3.63, 3.8) is 0 Å². The van der Waals surface area contributed by atoms with Gasteiger partial charge in [-0.05, 0) is 6.92 Å². The van der Waals surface area contributed by atoms with E-state index < -0.39 is 9.84 Å². The number of hydrogen-bond donors (Lipinski definition) is 0. The monoisotopic (exact) mass is 271 g/mol. The Labute approximate surface area is 103 Å². The third kappa shape index (κ3) is 2.28. The number of aromatic nitrogens is 3. The molecule has 0 spiro atoms. The summed E-state index contributed by atoms with van der Waals surface area (Å²) in [4.78, 5) is 16.0. The second kappa shape index (κ2) is 4.52. The molecule has 8 heteroatoms. The Bertz CT molecular complexity index is 729. The first kappa shape index (κ1) is 12.7. The molecule has 7 nitrogen and oxygen atoms in total. The first-order valence-corrected chi connectivity index (χ1v) is 7.28. The first-order chi connectivity index (χ1) is 8.44. The number of nitrogens with zero attached hydrogens (tertiary/aromatic N) is 3. The highest BCUT2D eigenvalue weighted by atomic mass is 32.2. The van der Waals surface area contributed by atoms with Crippen molar-refractivity contribution in [2.45, 2.75) is 20.4 Å². The number of hydrogen-bond acceptors (Lipinski definition) is 6. The number of fused-ring (bicyclic) bond motifs is 1. The molecule has 0 aliphatic rings. The maximum Gasteiger partial charge on any atom is 0.266 e. The molecule has 2 rings (SSSR count). The fraction of sp³-hybridized carbons (Fsp3) is 0.500. The van der Waals surface area contributed by atoms with Gasteiger partial charge in [-0.15, -0.1) is 0 Å². The number of aryl methyl sites for hydroxylation is 2. The zero-order valence-electron chi connectivity index (χ0n) is 10.1. The van der Waals surface area contributed by atoms with Crippen molar-refractivity contribution < 1.29 is 12.9 Å². The summed E-state index contributed by atoms with van der Waals surface area (Å²) in [5, 5.41) is 3.95. The molecule has 98 valence electrons. The maximum absolute atomic E-state index is 12.0. The van der Waals surface area contributed by atoms with E-state index in [-0.39, 0.29) is 29.3 Å². The van der Waals surface area contributed by atoms with E-state index in [1.807, 2.05) is 0 Å². The molecule has 0 bridgehead atoms. The van der Waals surface area contributed by atoms with E-state index in [1.165, 1.54) is 10.9 Å². The summed E-state index contributed by atoms with van der Waals surface area (Å²) in [7, 11) is -3.11. The standard InChI is InChI=1S/C10H13N3O4S/c1-3-18(15,16)5-4-13-6-11-9-8(10(13)14)7(2)12-17-9/h6H,3-5H2,1-2H3. The van der Waals surface area contributed by atoms with Gasteiger partial charge in [0.1, 0.15) is 11.7 Å². The quantitative estimate of drug-likeness (QED) is 0.784. The topological polar surface area (TPSA) is 95.1 Å². The second-order valence-electron chi connectivity index (χ2n) is 3.93. The summed E-state index contributed by atoms with van der Waals surface area (Å²) in [6.07, 6.45) is 1.28. The Morgan fingerprint density at radius 3 is 2.83 bits per heavy atom. The van der Waals surface area contributed by atoms with Crippen molar-refractivity contribution >= 4 is 20.9 Å². The van der Waals surface area contributed by atoms with Crippen LogP contribution in [0.2, 0.25) is 0 Å². The first-order valence-electron chi connectivity index (χ1n) is 5.46. The Morgan fingerprint density at radius 1 is 1.44 bits per heavy atom. The van der Waals surface area contributed by atoms with Crippen molar-refractivity contribution in [2.75, 3.05) is 11.5 Å². The lowest BCUT2D eigenvalue weighted by molar-refractivity contribution is 0.442. The summed E-state index contributed by atoms with van der Waals surface area (Å²) in [6, 6.07) is 0. The lowest BCUT2D eigenvalue weighted by Gasteiger charge is -2.04. The third-order valence-corrected chi connectivity index (χ3v) is 4.40. The van der Waals surface area contributed by atoms with E-state index >= 15 is 0 Å². The SMILES string of the molecule is CCS(=O)(=O)CCn1cnc2onc(C)c2c1=O. The van der Waals surface area contributed by atoms with E-state index in [2.05, 4.69) is 10.1 Å². The van der Waals surface area contributed by atoms with Gasteiger partial charge < -0.3 is 4.52 Å². The lowest BCUT2D eigenvalue weighted by atomic mass is 10.3. The van der Waals surface area contributed by atoms with Crippen molar-refractivity contribution in [3.8, 4) is 0 Å². The maximum atomic E-state index is 12.0. The van der Waals surface area contributed by atoms with Gasteiger partial charge in [-0.2, -0.15) is 0 Å². The van der Waals surface area contributed by atoms with Crippen LogP contribution in [0.5, 0.6) is 0 Å². The molecule has 0 amide bonds. The van der Waals surface area contributed by atoms with Crippen molar-refractivity contribution in [1.82, 2.24) is 14.7 Å². The molecule has 2 aromatic rings. The normalized spacial score (nSPS) is 12.1. The molecule has 0 atom stereocenters. The highest BCUT2D eigenvalue weighted by molar-refractivity contribution is 7.91. The largest absolute Gasteiger partial charge is 0.335 e. The van der Waals surface area contributed by atoms with E-state index in [4.69, 9.17) is 4.52 Å². The lowest BCUT2D eigenvalue weighted by Crippen LogP contribution is -2.25. The minimum absolute atomic E-state index is 0.0592. The molecule has 0 unspecified atom stereocenters.